The van der Waals surface area contributed by atoms with Crippen LogP contribution in [0.3, 0.4) is 0 Å². The van der Waals surface area contributed by atoms with Crippen molar-refractivity contribution in [1.29, 1.82) is 0 Å². The number of amides is 1. The molecule has 0 fully saturated rings. The van der Waals surface area contributed by atoms with E-state index in [1.165, 1.54) is 0 Å². The Morgan fingerprint density at radius 3 is 3.00 bits per heavy atom. The van der Waals surface area contributed by atoms with E-state index in [4.69, 9.17) is 11.6 Å². The third kappa shape index (κ3) is 3.46. The van der Waals surface area contributed by atoms with Crippen molar-refractivity contribution in [2.45, 2.75) is 6.54 Å². The first-order valence-electron chi connectivity index (χ1n) is 5.37. The van der Waals surface area contributed by atoms with E-state index < -0.39 is 0 Å². The van der Waals surface area contributed by atoms with E-state index >= 15 is 0 Å². The zero-order valence-electron chi connectivity index (χ0n) is 9.44. The molecule has 0 spiro atoms. The standard InChI is InChI=1S/C12H11ClIN3O/c13-10-8-9(2-3-11(10)14)12(18)15-5-7-17-6-1-4-16-17/h1-4,6,8H,5,7H2,(H,15,18). The van der Waals surface area contributed by atoms with Crippen LogP contribution in [0.25, 0.3) is 0 Å². The molecule has 4 nitrogen and oxygen atoms in total. The molecule has 0 aliphatic heterocycles. The highest BCUT2D eigenvalue weighted by Gasteiger charge is 2.07. The Bertz CT molecular complexity index is 542. The highest BCUT2D eigenvalue weighted by atomic mass is 127. The average Bonchev–Trinajstić information content (AvgIpc) is 2.85. The first-order chi connectivity index (χ1) is 8.66. The van der Waals surface area contributed by atoms with Crippen molar-refractivity contribution in [1.82, 2.24) is 15.1 Å². The van der Waals surface area contributed by atoms with E-state index in [0.717, 1.165) is 3.57 Å². The predicted molar refractivity (Wildman–Crippen MR) is 78.7 cm³/mol. The second-order valence-corrected chi connectivity index (χ2v) is 5.22. The molecule has 0 atom stereocenters. The summed E-state index contributed by atoms with van der Waals surface area (Å²) in [5.74, 6) is -0.125. The van der Waals surface area contributed by atoms with Gasteiger partial charge >= 0.3 is 0 Å². The Morgan fingerprint density at radius 2 is 2.33 bits per heavy atom. The Balaban J connectivity index is 1.89. The molecule has 94 valence electrons. The lowest BCUT2D eigenvalue weighted by molar-refractivity contribution is 0.0952. The normalized spacial score (nSPS) is 10.3. The molecule has 2 aromatic rings. The van der Waals surface area contributed by atoms with Crippen molar-refractivity contribution < 1.29 is 4.79 Å². The van der Waals surface area contributed by atoms with Crippen molar-refractivity contribution >= 4 is 40.1 Å². The number of carbonyl (C=O) groups excluding carboxylic acids is 1. The van der Waals surface area contributed by atoms with Crippen molar-refractivity contribution in [3.63, 3.8) is 0 Å². The summed E-state index contributed by atoms with van der Waals surface area (Å²) in [4.78, 5) is 11.8. The SMILES string of the molecule is O=C(NCCn1cccn1)c1ccc(I)c(Cl)c1. The number of hydrogen-bond donors (Lipinski definition) is 1. The van der Waals surface area contributed by atoms with Crippen molar-refractivity contribution in [3.05, 3.63) is 50.8 Å². The summed E-state index contributed by atoms with van der Waals surface area (Å²) in [7, 11) is 0. The summed E-state index contributed by atoms with van der Waals surface area (Å²) in [6.45, 7) is 1.18. The Labute approximate surface area is 123 Å². The third-order valence-corrected chi connectivity index (χ3v) is 3.94. The largest absolute Gasteiger partial charge is 0.350 e. The fourth-order valence-electron chi connectivity index (χ4n) is 1.46. The van der Waals surface area contributed by atoms with E-state index in [9.17, 15) is 4.79 Å². The number of benzene rings is 1. The Kier molecular flexibility index (Phi) is 4.60. The minimum Gasteiger partial charge on any atom is -0.350 e. The molecule has 1 amide bonds. The second kappa shape index (κ2) is 6.19. The van der Waals surface area contributed by atoms with Crippen LogP contribution < -0.4 is 5.32 Å². The molecule has 1 aromatic heterocycles. The van der Waals surface area contributed by atoms with Crippen molar-refractivity contribution in [2.75, 3.05) is 6.54 Å². The van der Waals surface area contributed by atoms with Gasteiger partial charge in [0.25, 0.3) is 5.91 Å². The molecule has 0 saturated heterocycles. The quantitative estimate of drug-likeness (QED) is 0.835. The predicted octanol–water partition coefficient (Wildman–Crippen LogP) is 2.57. The maximum atomic E-state index is 11.8. The number of hydrogen-bond acceptors (Lipinski definition) is 2. The summed E-state index contributed by atoms with van der Waals surface area (Å²) in [6.07, 6.45) is 3.56. The highest BCUT2D eigenvalue weighted by Crippen LogP contribution is 2.19. The molecule has 0 saturated carbocycles. The van der Waals surface area contributed by atoms with Gasteiger partial charge in [0, 0.05) is 28.1 Å². The molecular weight excluding hydrogens is 365 g/mol. The van der Waals surface area contributed by atoms with Crippen molar-refractivity contribution in [2.24, 2.45) is 0 Å². The Hall–Kier alpha value is -1.08. The van der Waals surface area contributed by atoms with Crippen LogP contribution in [0.1, 0.15) is 10.4 Å². The van der Waals surface area contributed by atoms with E-state index in [1.54, 1.807) is 23.0 Å². The number of nitrogens with one attached hydrogen (secondary N) is 1. The first kappa shape index (κ1) is 13.4. The topological polar surface area (TPSA) is 46.9 Å². The molecule has 0 aliphatic rings. The molecule has 0 aliphatic carbocycles. The van der Waals surface area contributed by atoms with Gasteiger partial charge < -0.3 is 5.32 Å². The Morgan fingerprint density at radius 1 is 1.50 bits per heavy atom. The average molecular weight is 376 g/mol. The van der Waals surface area contributed by atoms with Crippen LogP contribution in [0.15, 0.2) is 36.7 Å². The lowest BCUT2D eigenvalue weighted by Gasteiger charge is -2.06. The van der Waals surface area contributed by atoms with Gasteiger partial charge in [-0.1, -0.05) is 11.6 Å². The highest BCUT2D eigenvalue weighted by molar-refractivity contribution is 14.1. The molecule has 0 unspecified atom stereocenters. The van der Waals surface area contributed by atoms with Gasteiger partial charge in [0.1, 0.15) is 0 Å². The summed E-state index contributed by atoms with van der Waals surface area (Å²) >= 11 is 8.10. The minimum atomic E-state index is -0.125. The van der Waals surface area contributed by atoms with Crippen LogP contribution >= 0.6 is 34.2 Å². The zero-order chi connectivity index (χ0) is 13.0. The molecule has 0 radical (unpaired) electrons. The van der Waals surface area contributed by atoms with Gasteiger partial charge in [-0.2, -0.15) is 5.10 Å². The molecule has 18 heavy (non-hydrogen) atoms. The number of aromatic nitrogens is 2. The third-order valence-electron chi connectivity index (χ3n) is 2.37. The van der Waals surface area contributed by atoms with Gasteiger partial charge in [-0.15, -0.1) is 0 Å². The van der Waals surface area contributed by atoms with E-state index in [1.807, 2.05) is 18.3 Å². The monoisotopic (exact) mass is 375 g/mol. The molecule has 1 heterocycles. The fraction of sp³-hybridized carbons (Fsp3) is 0.167. The van der Waals surface area contributed by atoms with Crippen LogP contribution in [-0.2, 0) is 6.54 Å². The lowest BCUT2D eigenvalue weighted by atomic mass is 10.2. The first-order valence-corrected chi connectivity index (χ1v) is 6.83. The smallest absolute Gasteiger partial charge is 0.251 e. The van der Waals surface area contributed by atoms with E-state index in [-0.39, 0.29) is 5.91 Å². The summed E-state index contributed by atoms with van der Waals surface area (Å²) in [5, 5.41) is 7.47. The van der Waals surface area contributed by atoms with Crippen molar-refractivity contribution in [3.8, 4) is 0 Å². The second-order valence-electron chi connectivity index (χ2n) is 3.65. The van der Waals surface area contributed by atoms with Gasteiger partial charge in [0.15, 0.2) is 0 Å². The van der Waals surface area contributed by atoms with Crippen LogP contribution in [0.5, 0.6) is 0 Å². The maximum Gasteiger partial charge on any atom is 0.251 e. The number of carbonyl (C=O) groups is 1. The summed E-state index contributed by atoms with van der Waals surface area (Å²) in [6, 6.07) is 7.11. The number of nitrogens with zero attached hydrogens (tertiary/aromatic N) is 2. The van der Waals surface area contributed by atoms with Gasteiger partial charge in [0.05, 0.1) is 11.6 Å². The van der Waals surface area contributed by atoms with Gasteiger partial charge in [-0.05, 0) is 46.9 Å². The van der Waals surface area contributed by atoms with Crippen LogP contribution in [-0.4, -0.2) is 22.2 Å². The summed E-state index contributed by atoms with van der Waals surface area (Å²) in [5.41, 5.74) is 0.570. The van der Waals surface area contributed by atoms with Gasteiger partial charge in [0.2, 0.25) is 0 Å². The van der Waals surface area contributed by atoms with Crippen LogP contribution in [0, 0.1) is 3.57 Å². The van der Waals surface area contributed by atoms with Gasteiger partial charge in [-0.25, -0.2) is 0 Å². The fourth-order valence-corrected chi connectivity index (χ4v) is 1.97. The molecule has 2 rings (SSSR count). The molecule has 6 heteroatoms. The minimum absolute atomic E-state index is 0.125. The van der Waals surface area contributed by atoms with Gasteiger partial charge in [-0.3, -0.25) is 9.48 Å². The molecular formula is C12H11ClIN3O. The van der Waals surface area contributed by atoms with E-state index in [0.29, 0.717) is 23.7 Å². The van der Waals surface area contributed by atoms with Crippen LogP contribution in [0.4, 0.5) is 0 Å². The van der Waals surface area contributed by atoms with E-state index in [2.05, 4.69) is 33.0 Å². The summed E-state index contributed by atoms with van der Waals surface area (Å²) < 4.78 is 2.70. The lowest BCUT2D eigenvalue weighted by Crippen LogP contribution is -2.27. The molecule has 1 N–H and O–H groups in total. The number of rotatable bonds is 4. The molecule has 1 aromatic carbocycles. The van der Waals surface area contributed by atoms with Crippen LogP contribution in [0.2, 0.25) is 5.02 Å². The molecule has 0 bridgehead atoms. The maximum absolute atomic E-state index is 11.8. The zero-order valence-corrected chi connectivity index (χ0v) is 12.4. The number of halogens is 2.